The minimum atomic E-state index is -3.71. The Balaban J connectivity index is 2.32. The van der Waals surface area contributed by atoms with Crippen LogP contribution in [-0.2, 0) is 10.0 Å². The molecule has 0 heterocycles. The lowest BCUT2D eigenvalue weighted by molar-refractivity contribution is 0.478. The molecule has 0 fully saturated rings. The van der Waals surface area contributed by atoms with Crippen LogP contribution < -0.4 is 9.88 Å². The van der Waals surface area contributed by atoms with Crippen LogP contribution in [0.3, 0.4) is 0 Å². The smallest absolute Gasteiger partial charge is 0.238 e. The summed E-state index contributed by atoms with van der Waals surface area (Å²) in [5.74, 6) is 1.21. The van der Waals surface area contributed by atoms with Crippen molar-refractivity contribution >= 4 is 26.0 Å². The van der Waals surface area contributed by atoms with Gasteiger partial charge in [-0.25, -0.2) is 13.6 Å². The van der Waals surface area contributed by atoms with Crippen LogP contribution in [0.5, 0.6) is 11.5 Å². The van der Waals surface area contributed by atoms with Crippen molar-refractivity contribution in [2.75, 3.05) is 0 Å². The molecule has 19 heavy (non-hydrogen) atoms. The first-order valence-corrected chi connectivity index (χ1v) is 7.77. The second-order valence-electron chi connectivity index (χ2n) is 4.06. The third kappa shape index (κ3) is 3.56. The Morgan fingerprint density at radius 1 is 1.16 bits per heavy atom. The molecule has 0 unspecified atom stereocenters. The van der Waals surface area contributed by atoms with E-state index in [1.54, 1.807) is 6.07 Å². The highest BCUT2D eigenvalue weighted by Crippen LogP contribution is 2.31. The largest absolute Gasteiger partial charge is 0.456 e. The molecule has 2 rings (SSSR count). The van der Waals surface area contributed by atoms with E-state index in [2.05, 4.69) is 15.9 Å². The number of aryl methyl sites for hydroxylation is 1. The molecule has 0 saturated heterocycles. The minimum Gasteiger partial charge on any atom is -0.456 e. The lowest BCUT2D eigenvalue weighted by Gasteiger charge is -2.09. The second-order valence-corrected chi connectivity index (χ2v) is 6.47. The number of nitrogens with two attached hydrogens (primary N) is 1. The highest BCUT2D eigenvalue weighted by atomic mass is 79.9. The molecule has 0 aliphatic heterocycles. The van der Waals surface area contributed by atoms with Crippen LogP contribution in [0.25, 0.3) is 0 Å². The molecule has 0 aromatic heterocycles. The van der Waals surface area contributed by atoms with Gasteiger partial charge in [0.05, 0.1) is 9.37 Å². The fourth-order valence-corrected chi connectivity index (χ4v) is 2.70. The summed E-state index contributed by atoms with van der Waals surface area (Å²) in [5, 5.41) is 5.06. The fraction of sp³-hybridized carbons (Fsp3) is 0.0769. The Morgan fingerprint density at radius 3 is 2.47 bits per heavy atom. The van der Waals surface area contributed by atoms with Crippen LogP contribution in [0.2, 0.25) is 0 Å². The summed E-state index contributed by atoms with van der Waals surface area (Å²) in [5.41, 5.74) is 1.08. The summed E-state index contributed by atoms with van der Waals surface area (Å²) >= 11 is 3.27. The molecule has 2 aromatic carbocycles. The zero-order valence-corrected chi connectivity index (χ0v) is 12.5. The lowest BCUT2D eigenvalue weighted by atomic mass is 10.2. The zero-order valence-electron chi connectivity index (χ0n) is 10.1. The molecule has 0 bridgehead atoms. The maximum atomic E-state index is 11.2. The quantitative estimate of drug-likeness (QED) is 0.931. The Hall–Kier alpha value is -1.37. The maximum Gasteiger partial charge on any atom is 0.238 e. The average Bonchev–Trinajstić information content (AvgIpc) is 2.30. The van der Waals surface area contributed by atoms with E-state index in [0.29, 0.717) is 16.0 Å². The van der Waals surface area contributed by atoms with Crippen molar-refractivity contribution in [3.63, 3.8) is 0 Å². The van der Waals surface area contributed by atoms with Crippen molar-refractivity contribution in [3.05, 3.63) is 52.5 Å². The molecule has 100 valence electrons. The first kappa shape index (κ1) is 14.0. The van der Waals surface area contributed by atoms with Crippen molar-refractivity contribution in [2.24, 2.45) is 5.14 Å². The molecule has 2 aromatic rings. The molecule has 4 nitrogen and oxygen atoms in total. The molecule has 0 aliphatic carbocycles. The first-order valence-electron chi connectivity index (χ1n) is 5.43. The number of halogens is 1. The van der Waals surface area contributed by atoms with Gasteiger partial charge in [-0.2, -0.15) is 0 Å². The van der Waals surface area contributed by atoms with E-state index in [1.807, 2.05) is 31.2 Å². The number of hydrogen-bond donors (Lipinski definition) is 1. The van der Waals surface area contributed by atoms with Crippen LogP contribution in [0.1, 0.15) is 5.56 Å². The molecule has 0 radical (unpaired) electrons. The van der Waals surface area contributed by atoms with Gasteiger partial charge in [-0.1, -0.05) is 12.1 Å². The molecule has 6 heteroatoms. The van der Waals surface area contributed by atoms with Gasteiger partial charge in [-0.3, -0.25) is 0 Å². The Kier molecular flexibility index (Phi) is 3.93. The second kappa shape index (κ2) is 5.32. The summed E-state index contributed by atoms with van der Waals surface area (Å²) in [6.07, 6.45) is 0. The lowest BCUT2D eigenvalue weighted by Crippen LogP contribution is -2.11. The molecular formula is C13H12BrNO3S. The maximum absolute atomic E-state index is 11.2. The molecule has 2 N–H and O–H groups in total. The van der Waals surface area contributed by atoms with E-state index >= 15 is 0 Å². The summed E-state index contributed by atoms with van der Waals surface area (Å²) in [6, 6.07) is 12.0. The fourth-order valence-electron chi connectivity index (χ4n) is 1.55. The highest BCUT2D eigenvalue weighted by molar-refractivity contribution is 9.10. The monoisotopic (exact) mass is 341 g/mol. The Bertz CT molecular complexity index is 714. The normalized spacial score (nSPS) is 11.3. The number of hydrogen-bond acceptors (Lipinski definition) is 3. The molecular weight excluding hydrogens is 330 g/mol. The van der Waals surface area contributed by atoms with Gasteiger partial charge in [-0.05, 0) is 58.7 Å². The number of ether oxygens (including phenoxy) is 1. The SMILES string of the molecule is Cc1cccc(Oc2ccc(S(N)(=O)=O)cc2Br)c1. The van der Waals surface area contributed by atoms with Crippen LogP contribution >= 0.6 is 15.9 Å². The van der Waals surface area contributed by atoms with E-state index < -0.39 is 10.0 Å². The van der Waals surface area contributed by atoms with Gasteiger partial charge < -0.3 is 4.74 Å². The Labute approximate surface area is 120 Å². The van der Waals surface area contributed by atoms with Crippen molar-refractivity contribution in [3.8, 4) is 11.5 Å². The van der Waals surface area contributed by atoms with Crippen molar-refractivity contribution in [1.82, 2.24) is 0 Å². The molecule has 0 saturated carbocycles. The zero-order chi connectivity index (χ0) is 14.0. The average molecular weight is 342 g/mol. The van der Waals surface area contributed by atoms with Crippen LogP contribution in [0.4, 0.5) is 0 Å². The number of benzene rings is 2. The predicted molar refractivity (Wildman–Crippen MR) is 76.8 cm³/mol. The molecule has 0 amide bonds. The van der Waals surface area contributed by atoms with Crippen LogP contribution in [0.15, 0.2) is 51.8 Å². The van der Waals surface area contributed by atoms with Crippen molar-refractivity contribution in [2.45, 2.75) is 11.8 Å². The summed E-state index contributed by atoms with van der Waals surface area (Å²) < 4.78 is 28.6. The van der Waals surface area contributed by atoms with E-state index in [9.17, 15) is 8.42 Å². The van der Waals surface area contributed by atoms with Gasteiger partial charge in [-0.15, -0.1) is 0 Å². The minimum absolute atomic E-state index is 0.0379. The van der Waals surface area contributed by atoms with E-state index in [4.69, 9.17) is 9.88 Å². The molecule has 0 atom stereocenters. The van der Waals surface area contributed by atoms with Gasteiger partial charge in [0.25, 0.3) is 0 Å². The summed E-state index contributed by atoms with van der Waals surface area (Å²) in [6.45, 7) is 1.96. The van der Waals surface area contributed by atoms with Crippen molar-refractivity contribution < 1.29 is 13.2 Å². The number of rotatable bonds is 3. The van der Waals surface area contributed by atoms with Crippen molar-refractivity contribution in [1.29, 1.82) is 0 Å². The van der Waals surface area contributed by atoms with Crippen LogP contribution in [-0.4, -0.2) is 8.42 Å². The van der Waals surface area contributed by atoms with Crippen LogP contribution in [0, 0.1) is 6.92 Å². The standard InChI is InChI=1S/C13H12BrNO3S/c1-9-3-2-4-10(7-9)18-13-6-5-11(8-12(13)14)19(15,16)17/h2-8H,1H3,(H2,15,16,17). The number of sulfonamides is 1. The summed E-state index contributed by atoms with van der Waals surface area (Å²) in [7, 11) is -3.71. The van der Waals surface area contributed by atoms with Gasteiger partial charge in [0.1, 0.15) is 11.5 Å². The van der Waals surface area contributed by atoms with E-state index in [1.165, 1.54) is 12.1 Å². The third-order valence-corrected chi connectivity index (χ3v) is 3.98. The predicted octanol–water partition coefficient (Wildman–Crippen LogP) is 3.20. The van der Waals surface area contributed by atoms with Gasteiger partial charge in [0.15, 0.2) is 0 Å². The molecule has 0 spiro atoms. The van der Waals surface area contributed by atoms with E-state index in [-0.39, 0.29) is 4.90 Å². The van der Waals surface area contributed by atoms with Gasteiger partial charge >= 0.3 is 0 Å². The topological polar surface area (TPSA) is 69.4 Å². The van der Waals surface area contributed by atoms with Gasteiger partial charge in [0, 0.05) is 0 Å². The number of primary sulfonamides is 1. The van der Waals surface area contributed by atoms with E-state index in [0.717, 1.165) is 5.56 Å². The Morgan fingerprint density at radius 2 is 1.89 bits per heavy atom. The first-order chi connectivity index (χ1) is 8.86. The third-order valence-electron chi connectivity index (χ3n) is 2.45. The highest BCUT2D eigenvalue weighted by Gasteiger charge is 2.11. The molecule has 0 aliphatic rings. The summed E-state index contributed by atoms with van der Waals surface area (Å²) in [4.78, 5) is 0.0379. The van der Waals surface area contributed by atoms with Gasteiger partial charge in [0.2, 0.25) is 10.0 Å².